The van der Waals surface area contributed by atoms with Gasteiger partial charge in [-0.05, 0) is 56.6 Å². The van der Waals surface area contributed by atoms with Crippen LogP contribution in [0.15, 0.2) is 47.5 Å². The average molecular weight is 453 g/mol. The highest BCUT2D eigenvalue weighted by Gasteiger charge is 2.46. The van der Waals surface area contributed by atoms with E-state index in [4.69, 9.17) is 0 Å². The van der Waals surface area contributed by atoms with Crippen LogP contribution in [0, 0.1) is 6.92 Å². The highest BCUT2D eigenvalue weighted by Crippen LogP contribution is 2.41. The summed E-state index contributed by atoms with van der Waals surface area (Å²) in [5.74, 6) is -1.38. The van der Waals surface area contributed by atoms with Crippen LogP contribution in [0.25, 0.3) is 11.4 Å². The monoisotopic (exact) mass is 452 g/mol. The van der Waals surface area contributed by atoms with Gasteiger partial charge in [-0.25, -0.2) is 4.98 Å². The zero-order valence-corrected chi connectivity index (χ0v) is 19.4. The fraction of sp³-hybridized carbons (Fsp3) is 0.375. The number of aliphatic hydroxyl groups is 1. The Morgan fingerprint density at radius 3 is 2.66 bits per heavy atom. The molecule has 8 heteroatoms. The van der Waals surface area contributed by atoms with Crippen molar-refractivity contribution in [1.29, 1.82) is 0 Å². The second-order valence-corrected chi connectivity index (χ2v) is 8.84. The van der Waals surface area contributed by atoms with Gasteiger partial charge in [-0.3, -0.25) is 14.0 Å². The number of rotatable bonds is 8. The van der Waals surface area contributed by atoms with Crippen molar-refractivity contribution in [2.24, 2.45) is 0 Å². The maximum Gasteiger partial charge on any atom is 0.295 e. The van der Waals surface area contributed by atoms with Crippen molar-refractivity contribution in [3.63, 3.8) is 0 Å². The van der Waals surface area contributed by atoms with Crippen molar-refractivity contribution in [1.82, 2.24) is 19.2 Å². The summed E-state index contributed by atoms with van der Waals surface area (Å²) < 4.78 is 1.75. The largest absolute Gasteiger partial charge is 0.505 e. The van der Waals surface area contributed by atoms with Gasteiger partial charge in [0, 0.05) is 17.6 Å². The number of hydrogen-bond donors (Lipinski definition) is 1. The first-order valence-corrected chi connectivity index (χ1v) is 11.8. The van der Waals surface area contributed by atoms with Gasteiger partial charge in [0.05, 0.1) is 17.3 Å². The Kier molecular flexibility index (Phi) is 6.43. The lowest BCUT2D eigenvalue weighted by Crippen LogP contribution is -2.33. The van der Waals surface area contributed by atoms with E-state index >= 15 is 0 Å². The summed E-state index contributed by atoms with van der Waals surface area (Å²) in [6.07, 6.45) is 2.55. The minimum absolute atomic E-state index is 0.133. The smallest absolute Gasteiger partial charge is 0.295 e. The van der Waals surface area contributed by atoms with Crippen molar-refractivity contribution < 1.29 is 14.7 Å². The first kappa shape index (κ1) is 22.2. The van der Waals surface area contributed by atoms with Gasteiger partial charge in [-0.2, -0.15) is 0 Å². The van der Waals surface area contributed by atoms with Gasteiger partial charge < -0.3 is 14.9 Å². The van der Waals surface area contributed by atoms with E-state index in [0.29, 0.717) is 23.6 Å². The molecule has 0 spiro atoms. The zero-order chi connectivity index (χ0) is 22.8. The number of ketones is 1. The first-order chi connectivity index (χ1) is 15.5. The summed E-state index contributed by atoms with van der Waals surface area (Å²) in [7, 11) is 0. The number of fused-ring (bicyclic) bond motifs is 1. The zero-order valence-electron chi connectivity index (χ0n) is 18.6. The number of aryl methyl sites for hydroxylation is 1. The van der Waals surface area contributed by atoms with Crippen LogP contribution in [-0.2, 0) is 9.59 Å². The molecule has 4 rings (SSSR count). The Hall–Kier alpha value is -2.97. The van der Waals surface area contributed by atoms with E-state index in [9.17, 15) is 14.7 Å². The van der Waals surface area contributed by atoms with Crippen LogP contribution in [0.1, 0.15) is 42.6 Å². The van der Waals surface area contributed by atoms with E-state index in [1.807, 2.05) is 35.7 Å². The van der Waals surface area contributed by atoms with Crippen LogP contribution in [0.5, 0.6) is 0 Å². The van der Waals surface area contributed by atoms with Gasteiger partial charge in [0.15, 0.2) is 5.76 Å². The summed E-state index contributed by atoms with van der Waals surface area (Å²) in [5, 5.41) is 13.3. The number of imidazole rings is 1. The highest BCUT2D eigenvalue weighted by molar-refractivity contribution is 7.10. The quantitative estimate of drug-likeness (QED) is 0.319. The van der Waals surface area contributed by atoms with Crippen LogP contribution in [-0.4, -0.2) is 62.2 Å². The molecule has 3 aromatic rings. The van der Waals surface area contributed by atoms with Crippen LogP contribution in [0.2, 0.25) is 0 Å². The number of aliphatic hydroxyl groups excluding tert-OH is 1. The molecule has 1 aliphatic heterocycles. The van der Waals surface area contributed by atoms with Gasteiger partial charge >= 0.3 is 0 Å². The molecule has 0 bridgehead atoms. The molecule has 7 nitrogen and oxygen atoms in total. The van der Waals surface area contributed by atoms with E-state index in [-0.39, 0.29) is 11.3 Å². The maximum atomic E-state index is 13.2. The Morgan fingerprint density at radius 2 is 1.97 bits per heavy atom. The Bertz CT molecular complexity index is 1160. The fourth-order valence-corrected chi connectivity index (χ4v) is 5.23. The van der Waals surface area contributed by atoms with Gasteiger partial charge in [0.1, 0.15) is 11.3 Å². The molecule has 32 heavy (non-hydrogen) atoms. The minimum atomic E-state index is -0.644. The third kappa shape index (κ3) is 3.84. The van der Waals surface area contributed by atoms with Crippen LogP contribution in [0.4, 0.5) is 0 Å². The number of hydrogen-bond acceptors (Lipinski definition) is 6. The molecule has 1 fully saturated rings. The number of carbonyl (C=O) groups excluding carboxylic acids is 2. The van der Waals surface area contributed by atoms with Crippen molar-refractivity contribution in [3.8, 4) is 0 Å². The third-order valence-electron chi connectivity index (χ3n) is 6.05. The highest BCUT2D eigenvalue weighted by atomic mass is 32.1. The van der Waals surface area contributed by atoms with Gasteiger partial charge in [0.2, 0.25) is 0 Å². The van der Waals surface area contributed by atoms with Crippen molar-refractivity contribution in [3.05, 3.63) is 63.7 Å². The molecule has 1 N–H and O–H groups in total. The predicted octanol–water partition coefficient (Wildman–Crippen LogP) is 3.86. The number of aromatic nitrogens is 2. The number of carbonyl (C=O) groups is 2. The average Bonchev–Trinajstić information content (AvgIpc) is 3.49. The number of pyridine rings is 1. The topological polar surface area (TPSA) is 78.2 Å². The molecule has 4 heterocycles. The minimum Gasteiger partial charge on any atom is -0.505 e. The molecule has 0 saturated carbocycles. The number of likely N-dealkylation sites (tertiary alicyclic amines) is 1. The van der Waals surface area contributed by atoms with Crippen LogP contribution < -0.4 is 0 Å². The fourth-order valence-electron chi connectivity index (χ4n) is 4.38. The SMILES string of the molecule is CCN(CC)CCCN1C(=O)C(=O)C(=C(O)c2c(C)nc3ccccn23)[C@H]1c1cccs1. The molecule has 0 unspecified atom stereocenters. The second kappa shape index (κ2) is 9.26. The van der Waals surface area contributed by atoms with E-state index in [1.54, 1.807) is 22.4 Å². The van der Waals surface area contributed by atoms with Crippen molar-refractivity contribution in [2.45, 2.75) is 33.2 Å². The van der Waals surface area contributed by atoms with Gasteiger partial charge in [-0.1, -0.05) is 26.0 Å². The number of nitrogens with zero attached hydrogens (tertiary/aromatic N) is 4. The molecule has 1 saturated heterocycles. The van der Waals surface area contributed by atoms with Crippen LogP contribution >= 0.6 is 11.3 Å². The Morgan fingerprint density at radius 1 is 1.19 bits per heavy atom. The Balaban J connectivity index is 1.77. The molecule has 0 aromatic carbocycles. The number of thiophene rings is 1. The lowest BCUT2D eigenvalue weighted by Gasteiger charge is -2.25. The summed E-state index contributed by atoms with van der Waals surface area (Å²) in [5.41, 5.74) is 1.86. The van der Waals surface area contributed by atoms with Gasteiger partial charge in [-0.15, -0.1) is 11.3 Å². The van der Waals surface area contributed by atoms with Gasteiger partial charge in [0.25, 0.3) is 11.7 Å². The number of amides is 1. The lowest BCUT2D eigenvalue weighted by molar-refractivity contribution is -0.139. The lowest BCUT2D eigenvalue weighted by atomic mass is 10.0. The van der Waals surface area contributed by atoms with E-state index in [0.717, 1.165) is 30.9 Å². The molecule has 1 amide bonds. The molecule has 1 atom stereocenters. The molecular formula is C24H28N4O3S. The summed E-state index contributed by atoms with van der Waals surface area (Å²) in [6.45, 7) is 9.20. The van der Waals surface area contributed by atoms with E-state index < -0.39 is 17.7 Å². The first-order valence-electron chi connectivity index (χ1n) is 11.0. The predicted molar refractivity (Wildman–Crippen MR) is 126 cm³/mol. The molecule has 3 aromatic heterocycles. The maximum absolute atomic E-state index is 13.2. The molecule has 0 radical (unpaired) electrons. The van der Waals surface area contributed by atoms with Crippen molar-refractivity contribution in [2.75, 3.05) is 26.2 Å². The van der Waals surface area contributed by atoms with E-state index in [1.165, 1.54) is 11.3 Å². The van der Waals surface area contributed by atoms with Crippen LogP contribution in [0.3, 0.4) is 0 Å². The third-order valence-corrected chi connectivity index (χ3v) is 6.97. The number of Topliss-reactive ketones (excluding diaryl/α,β-unsaturated/α-hetero) is 1. The normalized spacial score (nSPS) is 18.4. The van der Waals surface area contributed by atoms with E-state index in [2.05, 4.69) is 23.7 Å². The summed E-state index contributed by atoms with van der Waals surface area (Å²) in [6, 6.07) is 8.76. The molecule has 168 valence electrons. The summed E-state index contributed by atoms with van der Waals surface area (Å²) >= 11 is 1.48. The van der Waals surface area contributed by atoms with Crippen molar-refractivity contribution >= 4 is 34.4 Å². The molecule has 0 aliphatic carbocycles. The standard InChI is InChI=1S/C24H28N4O3S/c1-4-26(5-2)12-9-14-28-21(17-10-8-15-32-17)19(23(30)24(28)31)22(29)20-16(3)25-18-11-6-7-13-27(18)20/h6-8,10-11,13,15,21,29H,4-5,9,12,14H2,1-3H3/t21-/m1/s1. The second-order valence-electron chi connectivity index (χ2n) is 7.86. The summed E-state index contributed by atoms with van der Waals surface area (Å²) in [4.78, 5) is 35.5. The molecule has 1 aliphatic rings. The Labute approximate surface area is 191 Å². The molecular weight excluding hydrogens is 424 g/mol.